The molecule has 1 heterocycles. The van der Waals surface area contributed by atoms with Gasteiger partial charge in [-0.25, -0.2) is 4.98 Å². The van der Waals surface area contributed by atoms with Crippen LogP contribution in [0.4, 0.5) is 17.1 Å². The maximum Gasteiger partial charge on any atom is 0.269 e. The van der Waals surface area contributed by atoms with E-state index in [1.807, 2.05) is 18.2 Å². The van der Waals surface area contributed by atoms with Gasteiger partial charge in [0.2, 0.25) is 0 Å². The highest BCUT2D eigenvalue weighted by molar-refractivity contribution is 7.80. The number of aromatic nitrogens is 1. The van der Waals surface area contributed by atoms with E-state index in [0.717, 1.165) is 15.9 Å². The molecule has 0 radical (unpaired) electrons. The van der Waals surface area contributed by atoms with E-state index in [2.05, 4.69) is 15.6 Å². The fraction of sp³-hybridized carbons (Fsp3) is 0. The van der Waals surface area contributed by atoms with Crippen molar-refractivity contribution < 1.29 is 4.92 Å². The quantitative estimate of drug-likeness (QED) is 0.429. The molecule has 0 saturated heterocycles. The van der Waals surface area contributed by atoms with Crippen molar-refractivity contribution in [3.05, 3.63) is 58.1 Å². The number of nitrogens with zero attached hydrogens (tertiary/aromatic N) is 2. The lowest BCUT2D eigenvalue weighted by atomic mass is 10.3. The molecule has 0 aliphatic heterocycles. The largest absolute Gasteiger partial charge is 0.332 e. The molecule has 3 rings (SSSR count). The minimum absolute atomic E-state index is 0.0402. The van der Waals surface area contributed by atoms with Crippen LogP contribution in [0.1, 0.15) is 0 Å². The summed E-state index contributed by atoms with van der Waals surface area (Å²) in [7, 11) is 0. The predicted octanol–water partition coefficient (Wildman–Crippen LogP) is 4.01. The van der Waals surface area contributed by atoms with Crippen LogP contribution in [0.2, 0.25) is 0 Å². The fourth-order valence-corrected chi connectivity index (χ4v) is 2.79. The number of non-ortho nitro benzene ring substituents is 1. The van der Waals surface area contributed by atoms with E-state index in [9.17, 15) is 10.1 Å². The van der Waals surface area contributed by atoms with E-state index < -0.39 is 4.92 Å². The minimum atomic E-state index is -0.441. The average molecular weight is 330 g/mol. The number of thiocarbonyl (C=S) groups is 1. The summed E-state index contributed by atoms with van der Waals surface area (Å²) in [5, 5.41) is 17.0. The first-order valence-electron chi connectivity index (χ1n) is 6.27. The van der Waals surface area contributed by atoms with E-state index in [4.69, 9.17) is 12.2 Å². The fourth-order valence-electron chi connectivity index (χ4n) is 1.90. The molecule has 0 unspecified atom stereocenters. The van der Waals surface area contributed by atoms with Crippen LogP contribution in [0.15, 0.2) is 48.0 Å². The molecule has 110 valence electrons. The van der Waals surface area contributed by atoms with Crippen LogP contribution in [-0.2, 0) is 0 Å². The number of nitro benzene ring substituents is 1. The lowest BCUT2D eigenvalue weighted by Gasteiger charge is -2.10. The maximum absolute atomic E-state index is 10.6. The predicted molar refractivity (Wildman–Crippen MR) is 92.6 cm³/mol. The lowest BCUT2D eigenvalue weighted by molar-refractivity contribution is -0.384. The number of fused-ring (bicyclic) bond motifs is 1. The number of hydrogen-bond donors (Lipinski definition) is 2. The number of nitro groups is 1. The minimum Gasteiger partial charge on any atom is -0.332 e. The number of benzene rings is 2. The highest BCUT2D eigenvalue weighted by atomic mass is 32.1. The summed E-state index contributed by atoms with van der Waals surface area (Å²) in [5.41, 5.74) is 4.25. The van der Waals surface area contributed by atoms with Crippen molar-refractivity contribution in [1.82, 2.24) is 4.98 Å². The van der Waals surface area contributed by atoms with Crippen LogP contribution in [0.25, 0.3) is 10.2 Å². The van der Waals surface area contributed by atoms with E-state index >= 15 is 0 Å². The second kappa shape index (κ2) is 6.04. The van der Waals surface area contributed by atoms with Crippen molar-refractivity contribution >= 4 is 55.9 Å². The van der Waals surface area contributed by atoms with Gasteiger partial charge in [0.1, 0.15) is 0 Å². The molecule has 6 nitrogen and oxygen atoms in total. The molecule has 0 amide bonds. The van der Waals surface area contributed by atoms with Crippen LogP contribution in [0.5, 0.6) is 0 Å². The van der Waals surface area contributed by atoms with Crippen molar-refractivity contribution in [3.8, 4) is 0 Å². The summed E-state index contributed by atoms with van der Waals surface area (Å²) < 4.78 is 1.11. The van der Waals surface area contributed by atoms with Gasteiger partial charge >= 0.3 is 0 Å². The van der Waals surface area contributed by atoms with Crippen LogP contribution in [0.3, 0.4) is 0 Å². The van der Waals surface area contributed by atoms with Gasteiger partial charge in [0, 0.05) is 23.5 Å². The summed E-state index contributed by atoms with van der Waals surface area (Å²) in [6.07, 6.45) is 0. The molecular formula is C14H10N4O2S2. The Morgan fingerprint density at radius 2 is 1.82 bits per heavy atom. The molecule has 3 aromatic rings. The molecule has 0 fully saturated rings. The van der Waals surface area contributed by atoms with Gasteiger partial charge in [0.05, 0.1) is 20.7 Å². The monoisotopic (exact) mass is 330 g/mol. The normalized spacial score (nSPS) is 10.4. The molecule has 0 spiro atoms. The zero-order chi connectivity index (χ0) is 15.5. The lowest BCUT2D eigenvalue weighted by Crippen LogP contribution is -2.18. The van der Waals surface area contributed by atoms with Crippen molar-refractivity contribution in [1.29, 1.82) is 0 Å². The Hall–Kier alpha value is -2.58. The summed E-state index contributed by atoms with van der Waals surface area (Å²) in [6.45, 7) is 0. The molecule has 22 heavy (non-hydrogen) atoms. The van der Waals surface area contributed by atoms with E-state index in [1.165, 1.54) is 12.1 Å². The topological polar surface area (TPSA) is 80.1 Å². The highest BCUT2D eigenvalue weighted by Crippen LogP contribution is 2.22. The smallest absolute Gasteiger partial charge is 0.269 e. The summed E-state index contributed by atoms with van der Waals surface area (Å²) in [4.78, 5) is 14.4. The molecule has 2 N–H and O–H groups in total. The molecule has 2 aromatic carbocycles. The number of thiazole rings is 1. The number of anilines is 2. The van der Waals surface area contributed by atoms with Crippen molar-refractivity contribution in [3.63, 3.8) is 0 Å². The zero-order valence-electron chi connectivity index (χ0n) is 11.1. The Balaban J connectivity index is 1.67. The Morgan fingerprint density at radius 3 is 2.55 bits per heavy atom. The van der Waals surface area contributed by atoms with Crippen LogP contribution in [-0.4, -0.2) is 15.0 Å². The molecule has 0 atom stereocenters. The van der Waals surface area contributed by atoms with Crippen molar-refractivity contribution in [2.45, 2.75) is 0 Å². The van der Waals surface area contributed by atoms with Crippen molar-refractivity contribution in [2.75, 3.05) is 10.6 Å². The van der Waals surface area contributed by atoms with Gasteiger partial charge < -0.3 is 10.6 Å². The van der Waals surface area contributed by atoms with Gasteiger partial charge in [-0.05, 0) is 42.5 Å². The van der Waals surface area contributed by atoms with Crippen LogP contribution in [0, 0.1) is 10.1 Å². The first-order chi connectivity index (χ1) is 10.6. The second-order valence-electron chi connectivity index (χ2n) is 4.42. The molecule has 0 aliphatic rings. The van der Waals surface area contributed by atoms with Crippen LogP contribution >= 0.6 is 23.6 Å². The molecular weight excluding hydrogens is 320 g/mol. The van der Waals surface area contributed by atoms with E-state index in [-0.39, 0.29) is 5.69 Å². The first-order valence-corrected chi connectivity index (χ1v) is 7.56. The van der Waals surface area contributed by atoms with Gasteiger partial charge in [-0.3, -0.25) is 10.1 Å². The third-order valence-corrected chi connectivity index (χ3v) is 3.94. The Morgan fingerprint density at radius 1 is 1.14 bits per heavy atom. The molecule has 1 aromatic heterocycles. The summed E-state index contributed by atoms with van der Waals surface area (Å²) >= 11 is 6.81. The Labute approximate surface area is 135 Å². The first kappa shape index (κ1) is 14.4. The van der Waals surface area contributed by atoms with Gasteiger partial charge in [-0.15, -0.1) is 11.3 Å². The van der Waals surface area contributed by atoms with Crippen LogP contribution < -0.4 is 10.6 Å². The summed E-state index contributed by atoms with van der Waals surface area (Å²) in [5.74, 6) is 0. The van der Waals surface area contributed by atoms with Crippen molar-refractivity contribution in [2.24, 2.45) is 0 Å². The van der Waals surface area contributed by atoms with E-state index in [1.54, 1.807) is 29.0 Å². The van der Waals surface area contributed by atoms with Gasteiger partial charge in [-0.2, -0.15) is 0 Å². The third kappa shape index (κ3) is 3.18. The Bertz CT molecular complexity index is 845. The number of nitrogens with one attached hydrogen (secondary N) is 2. The Kier molecular flexibility index (Phi) is 3.94. The SMILES string of the molecule is O=[N+]([O-])c1ccc(NC(=S)Nc2ccc3scnc3c2)cc1. The van der Waals surface area contributed by atoms with Gasteiger partial charge in [0.15, 0.2) is 5.11 Å². The maximum atomic E-state index is 10.6. The zero-order valence-corrected chi connectivity index (χ0v) is 12.8. The van der Waals surface area contributed by atoms with Gasteiger partial charge in [0.25, 0.3) is 5.69 Å². The molecule has 0 aliphatic carbocycles. The third-order valence-electron chi connectivity index (χ3n) is 2.92. The highest BCUT2D eigenvalue weighted by Gasteiger charge is 2.05. The number of rotatable bonds is 3. The summed E-state index contributed by atoms with van der Waals surface area (Å²) in [6, 6.07) is 11.9. The molecule has 8 heteroatoms. The molecule has 0 saturated carbocycles. The standard InChI is InChI=1S/C14H10N4O2S2/c19-18(20)11-4-1-9(2-5-11)16-14(21)17-10-3-6-13-12(7-10)15-8-22-13/h1-8H,(H2,16,17,21). The van der Waals surface area contributed by atoms with E-state index in [0.29, 0.717) is 10.8 Å². The van der Waals surface area contributed by atoms with Gasteiger partial charge in [-0.1, -0.05) is 0 Å². The molecule has 0 bridgehead atoms. The second-order valence-corrected chi connectivity index (χ2v) is 5.71. The number of hydrogen-bond acceptors (Lipinski definition) is 5. The average Bonchev–Trinajstić information content (AvgIpc) is 2.95.